The summed E-state index contributed by atoms with van der Waals surface area (Å²) in [7, 11) is 0. The highest BCUT2D eigenvalue weighted by atomic mass is 16.5. The van der Waals surface area contributed by atoms with Crippen LogP contribution in [-0.4, -0.2) is 53.8 Å². The average molecular weight is 267 g/mol. The highest BCUT2D eigenvalue weighted by Gasteiger charge is 2.32. The Morgan fingerprint density at radius 1 is 1.42 bits per heavy atom. The second-order valence-corrected chi connectivity index (χ2v) is 4.93. The Kier molecular flexibility index (Phi) is 4.22. The number of carbonyl (C=O) groups is 2. The molecule has 19 heavy (non-hydrogen) atoms. The second kappa shape index (κ2) is 5.89. The monoisotopic (exact) mass is 267 g/mol. The van der Waals surface area contributed by atoms with Crippen molar-refractivity contribution in [2.24, 2.45) is 5.92 Å². The molecule has 1 heterocycles. The third-order valence-electron chi connectivity index (χ3n) is 3.61. The zero-order chi connectivity index (χ0) is 13.8. The van der Waals surface area contributed by atoms with Crippen molar-refractivity contribution < 1.29 is 19.4 Å². The summed E-state index contributed by atoms with van der Waals surface area (Å²) in [6.45, 7) is 1.07. The van der Waals surface area contributed by atoms with E-state index < -0.39 is 12.1 Å². The van der Waals surface area contributed by atoms with Crippen molar-refractivity contribution in [1.29, 1.82) is 5.26 Å². The van der Waals surface area contributed by atoms with Gasteiger partial charge in [0.25, 0.3) is 0 Å². The molecule has 104 valence electrons. The van der Waals surface area contributed by atoms with Crippen LogP contribution in [0.3, 0.4) is 0 Å². The molecule has 0 bridgehead atoms. The maximum atomic E-state index is 12.0. The lowest BCUT2D eigenvalue weighted by atomic mass is 10.1. The van der Waals surface area contributed by atoms with Crippen LogP contribution in [-0.2, 0) is 9.53 Å². The Bertz CT molecular complexity index is 406. The maximum Gasteiger partial charge on any atom is 0.317 e. The lowest BCUT2D eigenvalue weighted by Gasteiger charge is -2.30. The zero-order valence-electron chi connectivity index (χ0n) is 10.5. The number of nitrogens with zero attached hydrogens (tertiary/aromatic N) is 2. The van der Waals surface area contributed by atoms with Crippen LogP contribution in [0.25, 0.3) is 0 Å². The number of hydrogen-bond acceptors (Lipinski definition) is 4. The molecule has 0 radical (unpaired) electrons. The Hall–Kier alpha value is -1.81. The van der Waals surface area contributed by atoms with Crippen molar-refractivity contribution in [2.75, 3.05) is 19.7 Å². The molecule has 0 aromatic rings. The lowest BCUT2D eigenvalue weighted by molar-refractivity contribution is -0.141. The number of hydrogen-bond donors (Lipinski definition) is 2. The zero-order valence-corrected chi connectivity index (χ0v) is 10.5. The summed E-state index contributed by atoms with van der Waals surface area (Å²) in [4.78, 5) is 24.4. The van der Waals surface area contributed by atoms with Crippen molar-refractivity contribution in [3.8, 4) is 6.07 Å². The van der Waals surface area contributed by atoms with E-state index in [4.69, 9.17) is 15.1 Å². The van der Waals surface area contributed by atoms with Crippen LogP contribution in [0.5, 0.6) is 0 Å². The Morgan fingerprint density at radius 2 is 2.21 bits per heavy atom. The molecule has 2 amide bonds. The number of rotatable bonds is 2. The van der Waals surface area contributed by atoms with Gasteiger partial charge in [0.2, 0.25) is 0 Å². The van der Waals surface area contributed by atoms with Crippen LogP contribution in [0.4, 0.5) is 4.79 Å². The fourth-order valence-electron chi connectivity index (χ4n) is 2.51. The molecule has 0 aromatic heterocycles. The molecule has 1 aliphatic carbocycles. The van der Waals surface area contributed by atoms with Gasteiger partial charge in [0.1, 0.15) is 0 Å². The first kappa shape index (κ1) is 13.6. The van der Waals surface area contributed by atoms with Crippen molar-refractivity contribution in [1.82, 2.24) is 10.2 Å². The van der Waals surface area contributed by atoms with Gasteiger partial charge in [0, 0.05) is 12.6 Å². The number of morpholine rings is 1. The minimum absolute atomic E-state index is 0.0861. The first-order valence-corrected chi connectivity index (χ1v) is 6.39. The quantitative estimate of drug-likeness (QED) is 0.742. The first-order chi connectivity index (χ1) is 9.10. The fourth-order valence-corrected chi connectivity index (χ4v) is 2.51. The van der Waals surface area contributed by atoms with E-state index in [2.05, 4.69) is 5.32 Å². The normalized spacial score (nSPS) is 30.7. The van der Waals surface area contributed by atoms with E-state index in [0.29, 0.717) is 32.4 Å². The number of aliphatic carboxylic acids is 1. The topological polar surface area (TPSA) is 103 Å². The van der Waals surface area contributed by atoms with E-state index in [-0.39, 0.29) is 24.5 Å². The summed E-state index contributed by atoms with van der Waals surface area (Å²) in [6, 6.07) is 1.66. The van der Waals surface area contributed by atoms with Crippen LogP contribution in [0.1, 0.15) is 19.3 Å². The summed E-state index contributed by atoms with van der Waals surface area (Å²) in [5.41, 5.74) is 0. The highest BCUT2D eigenvalue weighted by Crippen LogP contribution is 2.25. The molecule has 2 aliphatic rings. The average Bonchev–Trinajstić information content (AvgIpc) is 2.87. The van der Waals surface area contributed by atoms with Gasteiger partial charge in [-0.3, -0.25) is 4.79 Å². The molecule has 2 N–H and O–H groups in total. The number of carboxylic acid groups (broad SMARTS) is 1. The number of amides is 2. The number of nitrogens with one attached hydrogen (secondary N) is 1. The molecule has 1 aliphatic heterocycles. The molecule has 3 atom stereocenters. The van der Waals surface area contributed by atoms with Gasteiger partial charge in [-0.15, -0.1) is 0 Å². The lowest BCUT2D eigenvalue weighted by Crippen LogP contribution is -2.51. The largest absolute Gasteiger partial charge is 0.481 e. The van der Waals surface area contributed by atoms with E-state index in [0.717, 1.165) is 0 Å². The molecule has 1 saturated heterocycles. The molecular weight excluding hydrogens is 250 g/mol. The van der Waals surface area contributed by atoms with Gasteiger partial charge in [-0.1, -0.05) is 0 Å². The van der Waals surface area contributed by atoms with Gasteiger partial charge in [-0.25, -0.2) is 4.79 Å². The molecule has 3 unspecified atom stereocenters. The Balaban J connectivity index is 1.81. The predicted octanol–water partition coefficient (Wildman–Crippen LogP) is 0.174. The molecule has 1 saturated carbocycles. The Labute approximate surface area is 111 Å². The van der Waals surface area contributed by atoms with Gasteiger partial charge >= 0.3 is 12.0 Å². The third-order valence-corrected chi connectivity index (χ3v) is 3.61. The SMILES string of the molecule is N#CC1CN(C(=O)NC2CCC(C(=O)O)C2)CCO1. The Morgan fingerprint density at radius 3 is 2.84 bits per heavy atom. The summed E-state index contributed by atoms with van der Waals surface area (Å²) in [6.07, 6.45) is 1.20. The van der Waals surface area contributed by atoms with E-state index in [9.17, 15) is 9.59 Å². The molecular formula is C12H17N3O4. The number of carbonyl (C=O) groups excluding carboxylic acids is 1. The van der Waals surface area contributed by atoms with Gasteiger partial charge in [0.05, 0.1) is 25.1 Å². The van der Waals surface area contributed by atoms with E-state index in [1.165, 1.54) is 0 Å². The molecule has 7 heteroatoms. The summed E-state index contributed by atoms with van der Waals surface area (Å²) >= 11 is 0. The first-order valence-electron chi connectivity index (χ1n) is 6.39. The third kappa shape index (κ3) is 3.35. The summed E-state index contributed by atoms with van der Waals surface area (Å²) < 4.78 is 5.17. The van der Waals surface area contributed by atoms with Crippen molar-refractivity contribution >= 4 is 12.0 Å². The van der Waals surface area contributed by atoms with Crippen LogP contribution in [0.2, 0.25) is 0 Å². The molecule has 2 rings (SSSR count). The number of nitriles is 1. The molecule has 7 nitrogen and oxygen atoms in total. The summed E-state index contributed by atoms with van der Waals surface area (Å²) in [5.74, 6) is -1.16. The van der Waals surface area contributed by atoms with Crippen LogP contribution >= 0.6 is 0 Å². The second-order valence-electron chi connectivity index (χ2n) is 4.93. The summed E-state index contributed by atoms with van der Waals surface area (Å²) in [5, 5.41) is 20.5. The van der Waals surface area contributed by atoms with Gasteiger partial charge in [-0.2, -0.15) is 5.26 Å². The van der Waals surface area contributed by atoms with Crippen molar-refractivity contribution in [2.45, 2.75) is 31.4 Å². The van der Waals surface area contributed by atoms with E-state index in [1.807, 2.05) is 6.07 Å². The predicted molar refractivity (Wildman–Crippen MR) is 64.2 cm³/mol. The minimum atomic E-state index is -0.798. The number of carboxylic acids is 1. The van der Waals surface area contributed by atoms with Crippen LogP contribution < -0.4 is 5.32 Å². The van der Waals surface area contributed by atoms with Gasteiger partial charge < -0.3 is 20.1 Å². The van der Waals surface area contributed by atoms with E-state index in [1.54, 1.807) is 4.90 Å². The van der Waals surface area contributed by atoms with Gasteiger partial charge in [-0.05, 0) is 19.3 Å². The maximum absolute atomic E-state index is 12.0. The molecule has 0 spiro atoms. The van der Waals surface area contributed by atoms with Crippen molar-refractivity contribution in [3.63, 3.8) is 0 Å². The molecule has 2 fully saturated rings. The smallest absolute Gasteiger partial charge is 0.317 e. The van der Waals surface area contributed by atoms with E-state index >= 15 is 0 Å². The van der Waals surface area contributed by atoms with Crippen LogP contribution in [0.15, 0.2) is 0 Å². The highest BCUT2D eigenvalue weighted by molar-refractivity contribution is 5.75. The number of urea groups is 1. The van der Waals surface area contributed by atoms with Gasteiger partial charge in [0.15, 0.2) is 6.10 Å². The standard InChI is InChI=1S/C12H17N3O4/c13-6-10-7-15(3-4-19-10)12(18)14-9-2-1-8(5-9)11(16)17/h8-10H,1-5,7H2,(H,14,18)(H,16,17). The molecule has 0 aromatic carbocycles. The number of ether oxygens (including phenoxy) is 1. The minimum Gasteiger partial charge on any atom is -0.481 e. The van der Waals surface area contributed by atoms with Crippen LogP contribution in [0, 0.1) is 17.2 Å². The fraction of sp³-hybridized carbons (Fsp3) is 0.750. The van der Waals surface area contributed by atoms with Crippen molar-refractivity contribution in [3.05, 3.63) is 0 Å².